The van der Waals surface area contributed by atoms with Gasteiger partial charge in [0.15, 0.2) is 0 Å². The van der Waals surface area contributed by atoms with Gasteiger partial charge in [-0.3, -0.25) is 0 Å². The Morgan fingerprint density at radius 2 is 1.86 bits per heavy atom. The molecule has 0 spiro atoms. The van der Waals surface area contributed by atoms with Crippen LogP contribution in [0.4, 0.5) is 13.2 Å². The van der Waals surface area contributed by atoms with E-state index in [9.17, 15) is 26.9 Å². The van der Waals surface area contributed by atoms with Crippen LogP contribution in [0.5, 0.6) is 0 Å². The van der Waals surface area contributed by atoms with Crippen LogP contribution in [-0.2, 0) is 14.8 Å². The summed E-state index contributed by atoms with van der Waals surface area (Å²) in [6.45, 7) is 2.95. The zero-order chi connectivity index (χ0) is 26.0. The van der Waals surface area contributed by atoms with Gasteiger partial charge < -0.3 is 5.11 Å². The number of halogens is 4. The molecule has 2 aliphatic heterocycles. The van der Waals surface area contributed by atoms with Crippen molar-refractivity contribution in [1.82, 2.24) is 14.1 Å². The first kappa shape index (κ1) is 27.3. The van der Waals surface area contributed by atoms with Crippen LogP contribution in [0.25, 0.3) is 0 Å². The lowest BCUT2D eigenvalue weighted by Crippen LogP contribution is -2.43. The molecule has 2 aromatic rings. The predicted molar refractivity (Wildman–Crippen MR) is 121 cm³/mol. The molecule has 1 aromatic heterocycles. The van der Waals surface area contributed by atoms with Crippen molar-refractivity contribution in [2.24, 2.45) is 0 Å². The Kier molecular flexibility index (Phi) is 8.40. The summed E-state index contributed by atoms with van der Waals surface area (Å²) in [6.07, 6.45) is -2.83. The lowest BCUT2D eigenvalue weighted by atomic mass is 10.1. The van der Waals surface area contributed by atoms with Crippen LogP contribution < -0.4 is 5.01 Å². The highest BCUT2D eigenvalue weighted by Crippen LogP contribution is 2.34. The summed E-state index contributed by atoms with van der Waals surface area (Å²) in [5.41, 5.74) is 0. The average Bonchev–Trinajstić information content (AvgIpc) is 3.49. The van der Waals surface area contributed by atoms with E-state index in [4.69, 9.17) is 26.1 Å². The molecule has 10 nitrogen and oxygen atoms in total. The normalized spacial score (nSPS) is 22.0. The first-order chi connectivity index (χ1) is 16.4. The fourth-order valence-electron chi connectivity index (χ4n) is 3.65. The maximum absolute atomic E-state index is 12.8. The summed E-state index contributed by atoms with van der Waals surface area (Å²) in [7, 11) is -3.52. The number of piperidine rings is 1. The van der Waals surface area contributed by atoms with Gasteiger partial charge in [0.2, 0.25) is 10.0 Å². The number of carboxylic acid groups (broad SMARTS) is 1. The van der Waals surface area contributed by atoms with Gasteiger partial charge in [-0.15, -0.1) is 11.8 Å². The van der Waals surface area contributed by atoms with E-state index in [0.29, 0.717) is 31.0 Å². The van der Waals surface area contributed by atoms with E-state index < -0.39 is 22.2 Å². The van der Waals surface area contributed by atoms with Crippen molar-refractivity contribution in [2.45, 2.75) is 54.7 Å². The summed E-state index contributed by atoms with van der Waals surface area (Å²) >= 11 is 7.62. The van der Waals surface area contributed by atoms with Crippen LogP contribution in [0.3, 0.4) is 0 Å². The molecule has 0 bridgehead atoms. The molecule has 3 heterocycles. The summed E-state index contributed by atoms with van der Waals surface area (Å²) in [4.78, 5) is 12.6. The van der Waals surface area contributed by atoms with Crippen LogP contribution in [0.2, 0.25) is 5.02 Å². The SMILES string of the molecule is CCC1SCC(C#N)N1n1on1C1CCN(S(=O)(=O)c2ccc(Cl)cc2)CC1.O=C(O)C(F)(F)F. The maximum Gasteiger partial charge on any atom is 0.490 e. The van der Waals surface area contributed by atoms with Crippen LogP contribution in [0.1, 0.15) is 32.2 Å². The van der Waals surface area contributed by atoms with Gasteiger partial charge in [-0.05, 0) is 43.5 Å². The number of carbonyl (C=O) groups is 1. The third kappa shape index (κ3) is 6.29. The van der Waals surface area contributed by atoms with Gasteiger partial charge in [0.25, 0.3) is 0 Å². The molecular formula is C19H23ClF3N5O5S2. The molecule has 2 unspecified atom stereocenters. The Balaban J connectivity index is 0.000000429. The summed E-state index contributed by atoms with van der Waals surface area (Å²) < 4.78 is 64.5. The topological polar surface area (TPSA) is 125 Å². The number of thioether (sulfide) groups is 1. The zero-order valence-electron chi connectivity index (χ0n) is 18.4. The highest BCUT2D eigenvalue weighted by Gasteiger charge is 2.41. The monoisotopic (exact) mass is 557 g/mol. The Hall–Kier alpha value is -2.28. The first-order valence-electron chi connectivity index (χ1n) is 10.5. The number of rotatable bonds is 5. The van der Waals surface area contributed by atoms with Crippen LogP contribution in [0, 0.1) is 11.3 Å². The molecule has 0 saturated carbocycles. The van der Waals surface area contributed by atoms with E-state index in [1.54, 1.807) is 33.7 Å². The molecule has 0 amide bonds. The fraction of sp³-hybridized carbons (Fsp3) is 0.579. The lowest BCUT2D eigenvalue weighted by molar-refractivity contribution is -0.192. The van der Waals surface area contributed by atoms with Crippen molar-refractivity contribution < 1.29 is 36.1 Å². The van der Waals surface area contributed by atoms with Crippen molar-refractivity contribution in [1.29, 1.82) is 5.26 Å². The Morgan fingerprint density at radius 3 is 2.34 bits per heavy atom. The molecule has 1 N–H and O–H groups in total. The number of aromatic nitrogens is 2. The van der Waals surface area contributed by atoms with E-state index in [-0.39, 0.29) is 22.4 Å². The largest absolute Gasteiger partial charge is 0.490 e. The summed E-state index contributed by atoms with van der Waals surface area (Å²) in [5.74, 6) is -1.99. The maximum atomic E-state index is 12.8. The minimum absolute atomic E-state index is 0.0964. The highest BCUT2D eigenvalue weighted by atomic mass is 35.5. The average molecular weight is 558 g/mol. The Bertz CT molecular complexity index is 1150. The van der Waals surface area contributed by atoms with Crippen LogP contribution in [0.15, 0.2) is 33.8 Å². The third-order valence-corrected chi connectivity index (χ3v) is 9.09. The highest BCUT2D eigenvalue weighted by molar-refractivity contribution is 8.00. The summed E-state index contributed by atoms with van der Waals surface area (Å²) in [6, 6.07) is 8.48. The predicted octanol–water partition coefficient (Wildman–Crippen LogP) is 3.51. The number of hydrogen-bond acceptors (Lipinski definition) is 7. The van der Waals surface area contributed by atoms with Crippen LogP contribution in [-0.4, -0.2) is 70.1 Å². The second-order valence-corrected chi connectivity index (χ2v) is 11.3. The molecule has 2 saturated heterocycles. The van der Waals surface area contributed by atoms with Crippen LogP contribution >= 0.6 is 23.4 Å². The van der Waals surface area contributed by atoms with Crippen molar-refractivity contribution in [2.75, 3.05) is 23.9 Å². The molecule has 2 fully saturated rings. The van der Waals surface area contributed by atoms with E-state index in [1.165, 1.54) is 16.4 Å². The quantitative estimate of drug-likeness (QED) is 0.592. The van der Waals surface area contributed by atoms with Crippen molar-refractivity contribution in [3.05, 3.63) is 29.3 Å². The van der Waals surface area contributed by atoms with Crippen molar-refractivity contribution >= 4 is 39.4 Å². The number of nitriles is 1. The van der Waals surface area contributed by atoms with E-state index in [2.05, 4.69) is 13.0 Å². The van der Waals surface area contributed by atoms with Crippen molar-refractivity contribution in [3.8, 4) is 6.07 Å². The minimum atomic E-state index is -5.08. The van der Waals surface area contributed by atoms with Gasteiger partial charge in [-0.1, -0.05) is 23.4 Å². The molecule has 16 heteroatoms. The lowest BCUT2D eigenvalue weighted by Gasteiger charge is -2.29. The summed E-state index contributed by atoms with van der Waals surface area (Å²) in [5, 5.41) is 19.2. The van der Waals surface area contributed by atoms with Gasteiger partial charge in [0, 0.05) is 28.8 Å². The molecule has 2 aliphatic rings. The van der Waals surface area contributed by atoms with E-state index >= 15 is 0 Å². The second-order valence-electron chi connectivity index (χ2n) is 7.75. The Labute approximate surface area is 208 Å². The molecule has 2 atom stereocenters. The third-order valence-electron chi connectivity index (χ3n) is 5.49. The first-order valence-corrected chi connectivity index (χ1v) is 13.4. The van der Waals surface area contributed by atoms with Gasteiger partial charge in [0.1, 0.15) is 6.04 Å². The standard InChI is InChI=1S/C17H22ClN5O3S2.C2HF3O2/c1-2-17-21(15(11-19)12-27-17)23-22(26-23)14-7-9-20(10-8-14)28(24,25)16-5-3-13(18)4-6-16;3-2(4,5)1(6)7/h3-6,14-15,17H,2,7-10,12H2,1H3;(H,6,7). The zero-order valence-corrected chi connectivity index (χ0v) is 20.8. The van der Waals surface area contributed by atoms with Gasteiger partial charge in [-0.2, -0.15) is 22.7 Å². The van der Waals surface area contributed by atoms with E-state index in [1.807, 2.05) is 5.01 Å². The van der Waals surface area contributed by atoms with Gasteiger partial charge >= 0.3 is 12.1 Å². The number of sulfonamides is 1. The van der Waals surface area contributed by atoms with Crippen molar-refractivity contribution in [3.63, 3.8) is 0 Å². The molecule has 0 aliphatic carbocycles. The molecule has 194 valence electrons. The van der Waals surface area contributed by atoms with Gasteiger partial charge in [-0.25, -0.2) is 22.9 Å². The molecule has 0 radical (unpaired) electrons. The number of alkyl halides is 3. The Morgan fingerprint density at radius 1 is 1.29 bits per heavy atom. The number of nitrogens with zero attached hydrogens (tertiary/aromatic N) is 5. The number of hydrogen-bond donors (Lipinski definition) is 1. The number of aliphatic carboxylic acids is 1. The molecule has 1 aromatic carbocycles. The molecule has 4 rings (SSSR count). The second kappa shape index (κ2) is 10.8. The number of carboxylic acids is 1. The fourth-order valence-corrected chi connectivity index (χ4v) is 6.50. The molecule has 35 heavy (non-hydrogen) atoms. The minimum Gasteiger partial charge on any atom is -0.475 e. The smallest absolute Gasteiger partial charge is 0.475 e. The molecular weight excluding hydrogens is 535 g/mol. The van der Waals surface area contributed by atoms with Gasteiger partial charge in [0.05, 0.1) is 22.4 Å². The van der Waals surface area contributed by atoms with E-state index in [0.717, 1.165) is 12.2 Å². The number of benzene rings is 1.